The summed E-state index contributed by atoms with van der Waals surface area (Å²) >= 11 is 0. The lowest BCUT2D eigenvalue weighted by Gasteiger charge is -2.29. The third-order valence-electron chi connectivity index (χ3n) is 4.96. The molecule has 138 valence electrons. The van der Waals surface area contributed by atoms with Crippen molar-refractivity contribution in [1.29, 1.82) is 0 Å². The number of carbonyl (C=O) groups excluding carboxylic acids is 1. The van der Waals surface area contributed by atoms with Crippen LogP contribution in [-0.4, -0.2) is 33.0 Å². The minimum atomic E-state index is -0.0513. The zero-order valence-electron chi connectivity index (χ0n) is 15.4. The largest absolute Gasteiger partial charge is 0.491 e. The Morgan fingerprint density at radius 3 is 2.78 bits per heavy atom. The average molecular weight is 361 g/mol. The molecule has 5 nitrogen and oxygen atoms in total. The van der Waals surface area contributed by atoms with Crippen molar-refractivity contribution in [2.24, 2.45) is 0 Å². The molecule has 2 aromatic carbocycles. The van der Waals surface area contributed by atoms with E-state index in [9.17, 15) is 4.79 Å². The van der Waals surface area contributed by atoms with Crippen LogP contribution in [0, 0.1) is 6.92 Å². The molecule has 3 aromatic rings. The van der Waals surface area contributed by atoms with Gasteiger partial charge >= 0.3 is 0 Å². The van der Waals surface area contributed by atoms with Crippen LogP contribution in [0.2, 0.25) is 0 Å². The Balaban J connectivity index is 1.59. The van der Waals surface area contributed by atoms with E-state index in [1.807, 2.05) is 64.2 Å². The first-order chi connectivity index (χ1) is 13.2. The van der Waals surface area contributed by atoms with E-state index in [4.69, 9.17) is 4.74 Å². The van der Waals surface area contributed by atoms with Crippen molar-refractivity contribution < 1.29 is 9.53 Å². The Morgan fingerprint density at radius 1 is 1.19 bits per heavy atom. The molecule has 1 atom stereocenters. The molecule has 2 heterocycles. The Labute approximate surface area is 159 Å². The van der Waals surface area contributed by atoms with Crippen molar-refractivity contribution in [2.75, 3.05) is 6.61 Å². The number of imidazole rings is 1. The maximum Gasteiger partial charge on any atom is 0.227 e. The lowest BCUT2D eigenvalue weighted by molar-refractivity contribution is -0.134. The highest BCUT2D eigenvalue weighted by molar-refractivity contribution is 5.79. The highest BCUT2D eigenvalue weighted by atomic mass is 16.5. The number of rotatable bonds is 4. The van der Waals surface area contributed by atoms with Crippen LogP contribution in [0.15, 0.2) is 67.3 Å². The first-order valence-electron chi connectivity index (χ1n) is 9.20. The van der Waals surface area contributed by atoms with Gasteiger partial charge in [0, 0.05) is 31.0 Å². The van der Waals surface area contributed by atoms with Crippen LogP contribution in [0.25, 0.3) is 0 Å². The van der Waals surface area contributed by atoms with Crippen molar-refractivity contribution in [3.05, 3.63) is 83.9 Å². The van der Waals surface area contributed by atoms with Crippen LogP contribution < -0.4 is 4.74 Å². The first-order valence-corrected chi connectivity index (χ1v) is 9.20. The Morgan fingerprint density at radius 2 is 2.00 bits per heavy atom. The minimum Gasteiger partial charge on any atom is -0.491 e. The zero-order valence-corrected chi connectivity index (χ0v) is 15.4. The van der Waals surface area contributed by atoms with Crippen LogP contribution >= 0.6 is 0 Å². The molecule has 1 aliphatic heterocycles. The van der Waals surface area contributed by atoms with Gasteiger partial charge in [0.25, 0.3) is 0 Å². The zero-order chi connectivity index (χ0) is 18.6. The van der Waals surface area contributed by atoms with Gasteiger partial charge in [0.1, 0.15) is 12.4 Å². The number of benzene rings is 2. The molecule has 0 saturated carbocycles. The summed E-state index contributed by atoms with van der Waals surface area (Å²) in [4.78, 5) is 19.3. The normalized spacial score (nSPS) is 16.3. The number of hydrogen-bond donors (Lipinski definition) is 0. The van der Waals surface area contributed by atoms with E-state index < -0.39 is 0 Å². The average Bonchev–Trinajstić information content (AvgIpc) is 3.12. The quantitative estimate of drug-likeness (QED) is 0.717. The summed E-state index contributed by atoms with van der Waals surface area (Å²) in [6.07, 6.45) is 5.84. The smallest absolute Gasteiger partial charge is 0.227 e. The molecule has 1 unspecified atom stereocenters. The van der Waals surface area contributed by atoms with Crippen molar-refractivity contribution >= 4 is 5.91 Å². The van der Waals surface area contributed by atoms with Crippen molar-refractivity contribution in [3.63, 3.8) is 0 Å². The van der Waals surface area contributed by atoms with Gasteiger partial charge in [-0.15, -0.1) is 0 Å². The van der Waals surface area contributed by atoms with Gasteiger partial charge in [-0.3, -0.25) is 4.79 Å². The Kier molecular flexibility index (Phi) is 4.92. The van der Waals surface area contributed by atoms with Crippen LogP contribution in [0.4, 0.5) is 0 Å². The van der Waals surface area contributed by atoms with Gasteiger partial charge in [-0.25, -0.2) is 4.98 Å². The summed E-state index contributed by atoms with van der Waals surface area (Å²) in [5.41, 5.74) is 3.27. The number of aromatic nitrogens is 2. The maximum atomic E-state index is 13.2. The van der Waals surface area contributed by atoms with Gasteiger partial charge in [-0.2, -0.15) is 0 Å². The number of amides is 1. The topological polar surface area (TPSA) is 47.4 Å². The number of hydrogen-bond acceptors (Lipinski definition) is 3. The molecule has 0 spiro atoms. The number of aryl methyl sites for hydroxylation is 1. The van der Waals surface area contributed by atoms with Crippen LogP contribution in [-0.2, 0) is 24.3 Å². The highest BCUT2D eigenvalue weighted by Gasteiger charge is 2.28. The first kappa shape index (κ1) is 17.3. The summed E-state index contributed by atoms with van der Waals surface area (Å²) in [5, 5.41) is 0. The fourth-order valence-corrected chi connectivity index (χ4v) is 3.43. The molecule has 1 aliphatic rings. The summed E-state index contributed by atoms with van der Waals surface area (Å²) in [5.74, 6) is 0.975. The second-order valence-corrected chi connectivity index (χ2v) is 7.02. The molecule has 0 bridgehead atoms. The molecule has 0 N–H and O–H groups in total. The van der Waals surface area contributed by atoms with Gasteiger partial charge in [-0.1, -0.05) is 48.0 Å². The van der Waals surface area contributed by atoms with E-state index in [0.717, 1.165) is 16.9 Å². The lowest BCUT2D eigenvalue weighted by atomic mass is 10.1. The molecular formula is C22H23N3O2. The van der Waals surface area contributed by atoms with E-state index in [-0.39, 0.29) is 11.9 Å². The second-order valence-electron chi connectivity index (χ2n) is 7.02. The van der Waals surface area contributed by atoms with Crippen LogP contribution in [0.3, 0.4) is 0 Å². The lowest BCUT2D eigenvalue weighted by Crippen LogP contribution is -2.44. The molecule has 27 heavy (non-hydrogen) atoms. The number of para-hydroxylation sites is 1. The molecule has 0 aliphatic carbocycles. The molecule has 0 saturated heterocycles. The Hall–Kier alpha value is -3.08. The molecule has 0 fully saturated rings. The fraction of sp³-hybridized carbons (Fsp3) is 0.273. The standard InChI is InChI=1S/C22H23N3O2/c1-17-6-8-18(9-7-17)12-22(26)25-13-19-4-2-3-5-21(19)27-15-20(25)14-24-11-10-23-16-24/h2-11,16,20H,12-15H2,1H3. The van der Waals surface area contributed by atoms with Crippen molar-refractivity contribution in [3.8, 4) is 5.75 Å². The monoisotopic (exact) mass is 361 g/mol. The third-order valence-corrected chi connectivity index (χ3v) is 4.96. The van der Waals surface area contributed by atoms with E-state index in [1.165, 1.54) is 5.56 Å². The minimum absolute atomic E-state index is 0.0513. The second kappa shape index (κ2) is 7.66. The summed E-state index contributed by atoms with van der Waals surface area (Å²) < 4.78 is 8.02. The Bertz CT molecular complexity index is 904. The number of nitrogens with zero attached hydrogens (tertiary/aromatic N) is 3. The predicted octanol–water partition coefficient (Wildman–Crippen LogP) is 3.22. The van der Waals surface area contributed by atoms with Gasteiger partial charge < -0.3 is 14.2 Å². The molecule has 0 radical (unpaired) electrons. The maximum absolute atomic E-state index is 13.2. The number of carbonyl (C=O) groups is 1. The molecule has 1 aromatic heterocycles. The number of fused-ring (bicyclic) bond motifs is 1. The van der Waals surface area contributed by atoms with Gasteiger partial charge in [0.15, 0.2) is 0 Å². The SMILES string of the molecule is Cc1ccc(CC(=O)N2Cc3ccccc3OCC2Cn2ccnc2)cc1. The van der Waals surface area contributed by atoms with Gasteiger partial charge in [0.05, 0.1) is 18.8 Å². The van der Waals surface area contributed by atoms with Crippen molar-refractivity contribution in [1.82, 2.24) is 14.5 Å². The summed E-state index contributed by atoms with van der Waals surface area (Å²) in [6, 6.07) is 16.1. The fourth-order valence-electron chi connectivity index (χ4n) is 3.43. The molecular weight excluding hydrogens is 338 g/mol. The molecule has 1 amide bonds. The van der Waals surface area contributed by atoms with E-state index >= 15 is 0 Å². The van der Waals surface area contributed by atoms with Gasteiger partial charge in [-0.05, 0) is 18.6 Å². The van der Waals surface area contributed by atoms with Gasteiger partial charge in [0.2, 0.25) is 5.91 Å². The van der Waals surface area contributed by atoms with Crippen LogP contribution in [0.5, 0.6) is 5.75 Å². The number of ether oxygens (including phenoxy) is 1. The van der Waals surface area contributed by atoms with Crippen LogP contribution in [0.1, 0.15) is 16.7 Å². The van der Waals surface area contributed by atoms with Crippen molar-refractivity contribution in [2.45, 2.75) is 32.5 Å². The van der Waals surface area contributed by atoms with E-state index in [1.54, 1.807) is 12.5 Å². The molecule has 5 heteroatoms. The summed E-state index contributed by atoms with van der Waals surface area (Å²) in [7, 11) is 0. The predicted molar refractivity (Wildman–Crippen MR) is 103 cm³/mol. The summed E-state index contributed by atoms with van der Waals surface area (Å²) in [6.45, 7) is 3.73. The highest BCUT2D eigenvalue weighted by Crippen LogP contribution is 2.26. The third kappa shape index (κ3) is 4.03. The van der Waals surface area contributed by atoms with E-state index in [2.05, 4.69) is 11.9 Å². The molecule has 4 rings (SSSR count). The van der Waals surface area contributed by atoms with E-state index in [0.29, 0.717) is 26.1 Å².